The zero-order chi connectivity index (χ0) is 20.4. The molecule has 0 saturated carbocycles. The molecule has 1 aromatic carbocycles. The Morgan fingerprint density at radius 2 is 1.58 bits per heavy atom. The van der Waals surface area contributed by atoms with E-state index in [0.29, 0.717) is 24.3 Å². The van der Waals surface area contributed by atoms with E-state index >= 15 is 0 Å². The van der Waals surface area contributed by atoms with E-state index in [1.165, 1.54) is 5.56 Å². The van der Waals surface area contributed by atoms with Crippen LogP contribution in [-0.2, 0) is 19.1 Å². The van der Waals surface area contributed by atoms with Crippen LogP contribution < -0.4 is 0 Å². The Hall–Kier alpha value is -3.15. The largest absolute Gasteiger partial charge is 0.478 e. The lowest BCUT2D eigenvalue weighted by molar-refractivity contribution is -0.139. The van der Waals surface area contributed by atoms with Gasteiger partial charge in [0.25, 0.3) is 0 Å². The first-order valence-electron chi connectivity index (χ1n) is 7.88. The molecule has 0 fully saturated rings. The second kappa shape index (κ2) is 16.7. The SMILES string of the molecule is C=C(C)C(=O)OCCCC.C=Cc1ccccc1.O=C(O)C=CC(=O)O. The first-order chi connectivity index (χ1) is 12.2. The number of ether oxygens (including phenoxy) is 1. The molecule has 1 rings (SSSR count). The van der Waals surface area contributed by atoms with Crippen molar-refractivity contribution in [3.8, 4) is 0 Å². The number of esters is 1. The van der Waals surface area contributed by atoms with Gasteiger partial charge in [-0.1, -0.05) is 62.9 Å². The summed E-state index contributed by atoms with van der Waals surface area (Å²) in [6.07, 6.45) is 4.92. The molecule has 0 saturated heterocycles. The number of unbranched alkanes of at least 4 members (excludes halogenated alkanes) is 1. The lowest BCUT2D eigenvalue weighted by Gasteiger charge is -2.01. The third kappa shape index (κ3) is 18.9. The van der Waals surface area contributed by atoms with Gasteiger partial charge in [0.1, 0.15) is 0 Å². The average Bonchev–Trinajstić information content (AvgIpc) is 2.61. The Morgan fingerprint density at radius 1 is 1.08 bits per heavy atom. The second-order valence-corrected chi connectivity index (χ2v) is 4.89. The van der Waals surface area contributed by atoms with E-state index in [-0.39, 0.29) is 5.97 Å². The molecule has 0 spiro atoms. The van der Waals surface area contributed by atoms with Crippen molar-refractivity contribution in [2.24, 2.45) is 0 Å². The number of carboxylic acid groups (broad SMARTS) is 2. The van der Waals surface area contributed by atoms with Crippen molar-refractivity contribution in [1.82, 2.24) is 0 Å². The van der Waals surface area contributed by atoms with Crippen LogP contribution in [-0.4, -0.2) is 34.7 Å². The molecule has 0 atom stereocenters. The summed E-state index contributed by atoms with van der Waals surface area (Å²) >= 11 is 0. The van der Waals surface area contributed by atoms with Gasteiger partial charge < -0.3 is 14.9 Å². The standard InChI is InChI=1S/C8H14O2.C8H8.C4H4O4/c1-4-5-6-10-8(9)7(2)3;1-2-8-6-4-3-5-7-8;5-3(6)1-2-4(7)8/h2,4-6H2,1,3H3;2-7H,1H2;1-2H,(H,5,6)(H,7,8). The van der Waals surface area contributed by atoms with Gasteiger partial charge in [0.15, 0.2) is 0 Å². The molecule has 26 heavy (non-hydrogen) atoms. The Balaban J connectivity index is 0. The summed E-state index contributed by atoms with van der Waals surface area (Å²) in [7, 11) is 0. The molecule has 2 N–H and O–H groups in total. The summed E-state index contributed by atoms with van der Waals surface area (Å²) in [5, 5.41) is 15.6. The summed E-state index contributed by atoms with van der Waals surface area (Å²) in [4.78, 5) is 29.8. The molecule has 0 aliphatic carbocycles. The highest BCUT2D eigenvalue weighted by Gasteiger charge is 2.00. The smallest absolute Gasteiger partial charge is 0.333 e. The molecule has 0 unspecified atom stereocenters. The minimum Gasteiger partial charge on any atom is -0.478 e. The summed E-state index contributed by atoms with van der Waals surface area (Å²) in [6.45, 7) is 11.3. The minimum atomic E-state index is -1.26. The highest BCUT2D eigenvalue weighted by Crippen LogP contribution is 1.97. The Morgan fingerprint density at radius 3 is 1.88 bits per heavy atom. The van der Waals surface area contributed by atoms with Crippen molar-refractivity contribution >= 4 is 24.0 Å². The quantitative estimate of drug-likeness (QED) is 0.433. The molecule has 142 valence electrons. The van der Waals surface area contributed by atoms with Crippen LogP contribution in [0.25, 0.3) is 6.08 Å². The molecule has 0 bridgehead atoms. The number of aliphatic carboxylic acids is 2. The van der Waals surface area contributed by atoms with Gasteiger partial charge in [-0.25, -0.2) is 14.4 Å². The van der Waals surface area contributed by atoms with E-state index in [0.717, 1.165) is 12.8 Å². The third-order valence-corrected chi connectivity index (χ3v) is 2.48. The van der Waals surface area contributed by atoms with Crippen molar-refractivity contribution in [2.45, 2.75) is 26.7 Å². The zero-order valence-electron chi connectivity index (χ0n) is 15.2. The summed E-state index contributed by atoms with van der Waals surface area (Å²) in [6, 6.07) is 10.0. The molecule has 0 aliphatic heterocycles. The van der Waals surface area contributed by atoms with E-state index in [4.69, 9.17) is 14.9 Å². The van der Waals surface area contributed by atoms with E-state index < -0.39 is 11.9 Å². The summed E-state index contributed by atoms with van der Waals surface area (Å²) in [5.41, 5.74) is 1.64. The highest BCUT2D eigenvalue weighted by atomic mass is 16.5. The first-order valence-corrected chi connectivity index (χ1v) is 7.88. The van der Waals surface area contributed by atoms with Crippen LogP contribution in [0, 0.1) is 0 Å². The van der Waals surface area contributed by atoms with Crippen LogP contribution in [0.2, 0.25) is 0 Å². The van der Waals surface area contributed by atoms with Gasteiger partial charge in [-0.05, 0) is 18.9 Å². The average molecular weight is 362 g/mol. The van der Waals surface area contributed by atoms with Crippen LogP contribution >= 0.6 is 0 Å². The third-order valence-electron chi connectivity index (χ3n) is 2.48. The molecular weight excluding hydrogens is 336 g/mol. The maximum absolute atomic E-state index is 10.7. The maximum atomic E-state index is 10.7. The number of carbonyl (C=O) groups excluding carboxylic acids is 1. The van der Waals surface area contributed by atoms with Gasteiger partial charge in [0.2, 0.25) is 0 Å². The zero-order valence-corrected chi connectivity index (χ0v) is 15.2. The van der Waals surface area contributed by atoms with E-state index in [2.05, 4.69) is 20.1 Å². The number of hydrogen-bond donors (Lipinski definition) is 2. The van der Waals surface area contributed by atoms with Crippen LogP contribution in [0.4, 0.5) is 0 Å². The lowest BCUT2D eigenvalue weighted by Crippen LogP contribution is -2.05. The van der Waals surface area contributed by atoms with Crippen molar-refractivity contribution in [3.63, 3.8) is 0 Å². The van der Waals surface area contributed by atoms with Gasteiger partial charge in [-0.2, -0.15) is 0 Å². The summed E-state index contributed by atoms with van der Waals surface area (Å²) < 4.78 is 4.81. The van der Waals surface area contributed by atoms with Crippen molar-refractivity contribution < 1.29 is 29.3 Å². The van der Waals surface area contributed by atoms with Crippen LogP contribution in [0.3, 0.4) is 0 Å². The molecule has 0 radical (unpaired) electrons. The van der Waals surface area contributed by atoms with E-state index in [1.54, 1.807) is 6.92 Å². The topological polar surface area (TPSA) is 101 Å². The fourth-order valence-electron chi connectivity index (χ4n) is 1.16. The van der Waals surface area contributed by atoms with Gasteiger partial charge in [0.05, 0.1) is 6.61 Å². The lowest BCUT2D eigenvalue weighted by atomic mass is 10.2. The monoisotopic (exact) mass is 362 g/mol. The number of carboxylic acids is 2. The van der Waals surface area contributed by atoms with Gasteiger partial charge in [-0.3, -0.25) is 0 Å². The normalized spacial score (nSPS) is 9.00. The fraction of sp³-hybridized carbons (Fsp3) is 0.250. The van der Waals surface area contributed by atoms with Gasteiger partial charge in [0, 0.05) is 17.7 Å². The maximum Gasteiger partial charge on any atom is 0.333 e. The minimum absolute atomic E-state index is 0.284. The number of benzene rings is 1. The number of rotatable bonds is 7. The highest BCUT2D eigenvalue weighted by molar-refractivity contribution is 5.89. The van der Waals surface area contributed by atoms with Crippen LogP contribution in [0.15, 0.2) is 61.2 Å². The molecule has 6 nitrogen and oxygen atoms in total. The Kier molecular flexibility index (Phi) is 16.1. The van der Waals surface area contributed by atoms with Crippen LogP contribution in [0.1, 0.15) is 32.3 Å². The van der Waals surface area contributed by atoms with Crippen LogP contribution in [0.5, 0.6) is 0 Å². The molecule has 1 aromatic rings. The fourth-order valence-corrected chi connectivity index (χ4v) is 1.16. The van der Waals surface area contributed by atoms with Crippen molar-refractivity contribution in [2.75, 3.05) is 6.61 Å². The molecule has 0 aromatic heterocycles. The predicted octanol–water partition coefficient (Wildman–Crippen LogP) is 3.95. The summed E-state index contributed by atoms with van der Waals surface area (Å²) in [5.74, 6) is -2.80. The molecule has 0 aliphatic rings. The number of carbonyl (C=O) groups is 3. The molecule has 0 heterocycles. The molecule has 0 amide bonds. The van der Waals surface area contributed by atoms with Gasteiger partial charge in [-0.15, -0.1) is 0 Å². The van der Waals surface area contributed by atoms with Crippen molar-refractivity contribution in [1.29, 1.82) is 0 Å². The Bertz CT molecular complexity index is 586. The second-order valence-electron chi connectivity index (χ2n) is 4.89. The number of hydrogen-bond acceptors (Lipinski definition) is 4. The van der Waals surface area contributed by atoms with Crippen molar-refractivity contribution in [3.05, 3.63) is 66.8 Å². The van der Waals surface area contributed by atoms with Gasteiger partial charge >= 0.3 is 17.9 Å². The van der Waals surface area contributed by atoms with E-state index in [9.17, 15) is 14.4 Å². The Labute approximate surface area is 154 Å². The predicted molar refractivity (Wildman–Crippen MR) is 102 cm³/mol. The first kappa shape index (κ1) is 25.1. The molecule has 6 heteroatoms. The molecular formula is C20H26O6. The van der Waals surface area contributed by atoms with E-state index in [1.807, 2.05) is 36.4 Å².